The molecule has 1 heterocycles. The molecule has 0 radical (unpaired) electrons. The molecule has 0 aliphatic carbocycles. The fourth-order valence-corrected chi connectivity index (χ4v) is 2.56. The van der Waals surface area contributed by atoms with Crippen molar-refractivity contribution in [3.63, 3.8) is 0 Å². The average Bonchev–Trinajstić information content (AvgIpc) is 2.93. The first-order chi connectivity index (χ1) is 9.72. The number of nitrogens with two attached hydrogens (primary N) is 1. The highest BCUT2D eigenvalue weighted by molar-refractivity contribution is 7.16. The molecule has 1 aromatic carbocycles. The van der Waals surface area contributed by atoms with Crippen molar-refractivity contribution in [2.75, 3.05) is 13.1 Å². The molecular weight excluding hydrogens is 348 g/mol. The maximum absolute atomic E-state index is 13.6. The van der Waals surface area contributed by atoms with E-state index < -0.39 is 0 Å². The van der Waals surface area contributed by atoms with Crippen LogP contribution >= 0.6 is 36.2 Å². The number of aromatic nitrogens is 1. The van der Waals surface area contributed by atoms with Crippen LogP contribution in [0.2, 0.25) is 0 Å². The predicted octanol–water partition coefficient (Wildman–Crippen LogP) is 3.26. The van der Waals surface area contributed by atoms with E-state index in [4.69, 9.17) is 5.73 Å². The van der Waals surface area contributed by atoms with Gasteiger partial charge >= 0.3 is 0 Å². The highest BCUT2D eigenvalue weighted by Crippen LogP contribution is 2.27. The molecule has 1 aromatic heterocycles. The number of carbonyl (C=O) groups is 1. The Hall–Kier alpha value is -1.21. The number of halogens is 3. The van der Waals surface area contributed by atoms with Crippen LogP contribution in [0, 0.1) is 5.82 Å². The van der Waals surface area contributed by atoms with Crippen molar-refractivity contribution in [1.29, 1.82) is 0 Å². The molecule has 2 rings (SSSR count). The number of rotatable bonds is 6. The lowest BCUT2D eigenvalue weighted by molar-refractivity contribution is 0.0957. The summed E-state index contributed by atoms with van der Waals surface area (Å²) >= 11 is 1.18. The van der Waals surface area contributed by atoms with E-state index in [0.717, 1.165) is 12.8 Å². The molecule has 3 N–H and O–H groups in total. The van der Waals surface area contributed by atoms with Gasteiger partial charge in [-0.15, -0.1) is 36.2 Å². The molecule has 0 atom stereocenters. The van der Waals surface area contributed by atoms with Gasteiger partial charge in [-0.3, -0.25) is 4.79 Å². The van der Waals surface area contributed by atoms with Gasteiger partial charge in [-0.05, 0) is 31.5 Å². The molecule has 122 valence electrons. The molecule has 0 bridgehead atoms. The molecule has 0 aliphatic rings. The van der Waals surface area contributed by atoms with E-state index in [0.29, 0.717) is 28.5 Å². The highest BCUT2D eigenvalue weighted by atomic mass is 35.5. The van der Waals surface area contributed by atoms with Gasteiger partial charge in [0.25, 0.3) is 5.91 Å². The maximum Gasteiger partial charge on any atom is 0.263 e. The number of nitrogens with zero attached hydrogens (tertiary/aromatic N) is 1. The minimum atomic E-state index is -0.336. The Balaban J connectivity index is 0.00000220. The molecule has 22 heavy (non-hydrogen) atoms. The number of thiazole rings is 1. The second-order valence-electron chi connectivity index (χ2n) is 4.26. The van der Waals surface area contributed by atoms with E-state index in [-0.39, 0.29) is 36.5 Å². The summed E-state index contributed by atoms with van der Waals surface area (Å²) in [5.41, 5.74) is 5.80. The molecule has 4 nitrogen and oxygen atoms in total. The zero-order valence-corrected chi connectivity index (χ0v) is 14.2. The summed E-state index contributed by atoms with van der Waals surface area (Å²) in [6.45, 7) is 1.21. The third-order valence-electron chi connectivity index (χ3n) is 2.75. The average molecular weight is 366 g/mol. The molecule has 1 amide bonds. The fraction of sp³-hybridized carbons (Fsp3) is 0.286. The van der Waals surface area contributed by atoms with Gasteiger partial charge in [0.1, 0.15) is 15.7 Å². The highest BCUT2D eigenvalue weighted by Gasteiger charge is 2.13. The van der Waals surface area contributed by atoms with Crippen LogP contribution in [0.15, 0.2) is 30.5 Å². The minimum absolute atomic E-state index is 0. The van der Waals surface area contributed by atoms with Crippen molar-refractivity contribution in [3.05, 3.63) is 41.2 Å². The lowest BCUT2D eigenvalue weighted by Gasteiger charge is -2.01. The normalized spacial score (nSPS) is 9.55. The first-order valence-electron chi connectivity index (χ1n) is 6.41. The van der Waals surface area contributed by atoms with Gasteiger partial charge in [0.2, 0.25) is 0 Å². The molecular formula is C14H18Cl2FN3OS. The molecule has 0 saturated heterocycles. The van der Waals surface area contributed by atoms with Crippen LogP contribution in [0.3, 0.4) is 0 Å². The molecule has 8 heteroatoms. The van der Waals surface area contributed by atoms with Crippen molar-refractivity contribution in [2.45, 2.75) is 12.8 Å². The van der Waals surface area contributed by atoms with Crippen LogP contribution in [0.25, 0.3) is 10.6 Å². The van der Waals surface area contributed by atoms with Gasteiger partial charge in [-0.25, -0.2) is 9.37 Å². The molecule has 0 spiro atoms. The Morgan fingerprint density at radius 2 is 2.00 bits per heavy atom. The van der Waals surface area contributed by atoms with Gasteiger partial charge in [0, 0.05) is 12.1 Å². The number of benzene rings is 1. The summed E-state index contributed by atoms with van der Waals surface area (Å²) in [6.07, 6.45) is 3.20. The quantitative estimate of drug-likeness (QED) is 0.771. The predicted molar refractivity (Wildman–Crippen MR) is 92.6 cm³/mol. The summed E-state index contributed by atoms with van der Waals surface area (Å²) in [6, 6.07) is 6.39. The van der Waals surface area contributed by atoms with Crippen LogP contribution in [0.4, 0.5) is 4.39 Å². The lowest BCUT2D eigenvalue weighted by Crippen LogP contribution is -2.23. The summed E-state index contributed by atoms with van der Waals surface area (Å²) in [4.78, 5) is 16.5. The van der Waals surface area contributed by atoms with Gasteiger partial charge in [-0.2, -0.15) is 0 Å². The third-order valence-corrected chi connectivity index (χ3v) is 3.78. The maximum atomic E-state index is 13.6. The lowest BCUT2D eigenvalue weighted by atomic mass is 10.2. The Kier molecular flexibility index (Phi) is 9.93. The van der Waals surface area contributed by atoms with Crippen molar-refractivity contribution in [3.8, 4) is 10.6 Å². The number of unbranched alkanes of at least 4 members (excludes halogenated alkanes) is 1. The van der Waals surface area contributed by atoms with Crippen molar-refractivity contribution >= 4 is 42.1 Å². The molecule has 0 aliphatic heterocycles. The SMILES string of the molecule is Cl.Cl.NCCCCNC(=O)c1cnc(-c2ccccc2F)s1. The largest absolute Gasteiger partial charge is 0.351 e. The van der Waals surface area contributed by atoms with Gasteiger partial charge in [-0.1, -0.05) is 12.1 Å². The Labute approximate surface area is 145 Å². The number of hydrogen-bond acceptors (Lipinski definition) is 4. The van der Waals surface area contributed by atoms with Crippen molar-refractivity contribution < 1.29 is 9.18 Å². The van der Waals surface area contributed by atoms with Gasteiger partial charge in [0.05, 0.1) is 6.20 Å². The van der Waals surface area contributed by atoms with E-state index in [2.05, 4.69) is 10.3 Å². The zero-order chi connectivity index (χ0) is 14.4. The number of amides is 1. The topological polar surface area (TPSA) is 68.0 Å². The Morgan fingerprint density at radius 3 is 2.68 bits per heavy atom. The summed E-state index contributed by atoms with van der Waals surface area (Å²) in [5.74, 6) is -0.515. The number of nitrogens with one attached hydrogen (secondary N) is 1. The smallest absolute Gasteiger partial charge is 0.263 e. The first-order valence-corrected chi connectivity index (χ1v) is 7.23. The van der Waals surface area contributed by atoms with E-state index in [1.807, 2.05) is 0 Å². The van der Waals surface area contributed by atoms with Gasteiger partial charge in [0.15, 0.2) is 0 Å². The molecule has 0 saturated carbocycles. The molecule has 0 unspecified atom stereocenters. The van der Waals surface area contributed by atoms with Crippen LogP contribution in [-0.2, 0) is 0 Å². The second-order valence-corrected chi connectivity index (χ2v) is 5.29. The summed E-state index contributed by atoms with van der Waals surface area (Å²) < 4.78 is 13.6. The first kappa shape index (κ1) is 20.8. The third kappa shape index (κ3) is 5.53. The Morgan fingerprint density at radius 1 is 1.27 bits per heavy atom. The van der Waals surface area contributed by atoms with Crippen LogP contribution in [-0.4, -0.2) is 24.0 Å². The molecule has 2 aromatic rings. The Bertz CT molecular complexity index is 595. The van der Waals surface area contributed by atoms with Crippen LogP contribution in [0.5, 0.6) is 0 Å². The van der Waals surface area contributed by atoms with Crippen molar-refractivity contribution in [2.24, 2.45) is 5.73 Å². The number of hydrogen-bond donors (Lipinski definition) is 2. The number of carbonyl (C=O) groups excluding carboxylic acids is 1. The van der Waals surface area contributed by atoms with Gasteiger partial charge < -0.3 is 11.1 Å². The van der Waals surface area contributed by atoms with E-state index in [1.54, 1.807) is 18.2 Å². The van der Waals surface area contributed by atoms with Crippen LogP contribution in [0.1, 0.15) is 22.5 Å². The summed E-state index contributed by atoms with van der Waals surface area (Å²) in [5, 5.41) is 3.30. The molecule has 0 fully saturated rings. The standard InChI is InChI=1S/C14H16FN3OS.2ClH/c15-11-6-2-1-5-10(11)14-18-9-12(20-14)13(19)17-8-4-3-7-16;;/h1-2,5-6,9H,3-4,7-8,16H2,(H,17,19);2*1H. The fourth-order valence-electron chi connectivity index (χ4n) is 1.70. The van der Waals surface area contributed by atoms with E-state index >= 15 is 0 Å². The second kappa shape index (κ2) is 10.5. The van der Waals surface area contributed by atoms with E-state index in [1.165, 1.54) is 23.6 Å². The monoisotopic (exact) mass is 365 g/mol. The van der Waals surface area contributed by atoms with Crippen molar-refractivity contribution in [1.82, 2.24) is 10.3 Å². The van der Waals surface area contributed by atoms with E-state index in [9.17, 15) is 9.18 Å². The van der Waals surface area contributed by atoms with Crippen LogP contribution < -0.4 is 11.1 Å². The zero-order valence-electron chi connectivity index (χ0n) is 11.8. The minimum Gasteiger partial charge on any atom is -0.351 e. The summed E-state index contributed by atoms with van der Waals surface area (Å²) in [7, 11) is 0.